The molecule has 3 nitrogen and oxygen atoms in total. The molecule has 0 radical (unpaired) electrons. The van der Waals surface area contributed by atoms with E-state index in [0.29, 0.717) is 4.83 Å². The van der Waals surface area contributed by atoms with Crippen LogP contribution in [0.3, 0.4) is 0 Å². The first-order valence-corrected chi connectivity index (χ1v) is 6.03. The SMILES string of the molecule is COCC(Br)CN(C)CC1CCOC1. The number of ether oxygens (including phenoxy) is 2. The monoisotopic (exact) mass is 265 g/mol. The third-order valence-corrected chi connectivity index (χ3v) is 3.01. The molecule has 0 amide bonds. The van der Waals surface area contributed by atoms with Crippen molar-refractivity contribution >= 4 is 15.9 Å². The van der Waals surface area contributed by atoms with Gasteiger partial charge in [-0.25, -0.2) is 0 Å². The fourth-order valence-corrected chi connectivity index (χ4v) is 2.57. The zero-order valence-corrected chi connectivity index (χ0v) is 10.6. The van der Waals surface area contributed by atoms with Crippen LogP contribution in [0.2, 0.25) is 0 Å². The quantitative estimate of drug-likeness (QED) is 0.678. The molecule has 0 aromatic carbocycles. The van der Waals surface area contributed by atoms with Crippen molar-refractivity contribution in [1.82, 2.24) is 4.90 Å². The van der Waals surface area contributed by atoms with E-state index in [1.807, 2.05) is 0 Å². The van der Waals surface area contributed by atoms with Crippen LogP contribution in [-0.4, -0.2) is 56.8 Å². The molecule has 0 aromatic heterocycles. The van der Waals surface area contributed by atoms with Crippen LogP contribution in [0.15, 0.2) is 0 Å². The van der Waals surface area contributed by atoms with Crippen LogP contribution in [0.5, 0.6) is 0 Å². The Balaban J connectivity index is 2.10. The van der Waals surface area contributed by atoms with Gasteiger partial charge in [0.05, 0.1) is 18.0 Å². The van der Waals surface area contributed by atoms with Gasteiger partial charge in [0.1, 0.15) is 0 Å². The van der Waals surface area contributed by atoms with Gasteiger partial charge >= 0.3 is 0 Å². The Morgan fingerprint density at radius 1 is 1.64 bits per heavy atom. The van der Waals surface area contributed by atoms with Gasteiger partial charge in [0.15, 0.2) is 0 Å². The highest BCUT2D eigenvalue weighted by atomic mass is 79.9. The van der Waals surface area contributed by atoms with Gasteiger partial charge < -0.3 is 14.4 Å². The normalized spacial score (nSPS) is 24.4. The molecule has 14 heavy (non-hydrogen) atoms. The molecule has 0 bridgehead atoms. The average Bonchev–Trinajstić information content (AvgIpc) is 2.56. The molecule has 1 rings (SSSR count). The van der Waals surface area contributed by atoms with Crippen LogP contribution in [-0.2, 0) is 9.47 Å². The Hall–Kier alpha value is 0.360. The molecule has 0 saturated carbocycles. The molecular weight excluding hydrogens is 246 g/mol. The van der Waals surface area contributed by atoms with Crippen LogP contribution in [0.1, 0.15) is 6.42 Å². The van der Waals surface area contributed by atoms with Gasteiger partial charge in [0.25, 0.3) is 0 Å². The minimum atomic E-state index is 0.430. The molecule has 2 unspecified atom stereocenters. The fourth-order valence-electron chi connectivity index (χ4n) is 1.81. The smallest absolute Gasteiger partial charge is 0.0600 e. The second-order valence-corrected chi connectivity index (χ2v) is 5.30. The highest BCUT2D eigenvalue weighted by Gasteiger charge is 2.18. The molecule has 1 saturated heterocycles. The van der Waals surface area contributed by atoms with Crippen LogP contribution in [0, 0.1) is 5.92 Å². The number of rotatable bonds is 6. The lowest BCUT2D eigenvalue weighted by Crippen LogP contribution is -2.32. The maximum absolute atomic E-state index is 5.35. The Bertz CT molecular complexity index is 151. The van der Waals surface area contributed by atoms with E-state index in [-0.39, 0.29) is 0 Å². The van der Waals surface area contributed by atoms with Crippen molar-refractivity contribution in [2.24, 2.45) is 5.92 Å². The summed E-state index contributed by atoms with van der Waals surface area (Å²) >= 11 is 3.59. The number of hydrogen-bond donors (Lipinski definition) is 0. The molecule has 0 spiro atoms. The van der Waals surface area contributed by atoms with E-state index in [1.165, 1.54) is 6.42 Å². The molecule has 84 valence electrons. The summed E-state index contributed by atoms with van der Waals surface area (Å²) in [6.45, 7) is 4.80. The number of methoxy groups -OCH3 is 1. The van der Waals surface area contributed by atoms with Crippen molar-refractivity contribution in [2.75, 3.05) is 47.1 Å². The van der Waals surface area contributed by atoms with Gasteiger partial charge in [-0.1, -0.05) is 15.9 Å². The summed E-state index contributed by atoms with van der Waals surface area (Å²) in [6.07, 6.45) is 1.21. The van der Waals surface area contributed by atoms with Gasteiger partial charge in [-0.15, -0.1) is 0 Å². The molecule has 4 heteroatoms. The summed E-state index contributed by atoms with van der Waals surface area (Å²) in [7, 11) is 3.89. The zero-order chi connectivity index (χ0) is 10.4. The Morgan fingerprint density at radius 3 is 3.00 bits per heavy atom. The van der Waals surface area contributed by atoms with Crippen molar-refractivity contribution in [2.45, 2.75) is 11.2 Å². The van der Waals surface area contributed by atoms with Crippen LogP contribution in [0.25, 0.3) is 0 Å². The summed E-state index contributed by atoms with van der Waals surface area (Å²) in [5, 5.41) is 0. The second kappa shape index (κ2) is 6.77. The predicted octanol–water partition coefficient (Wildman–Crippen LogP) is 1.36. The Labute approximate surface area is 94.9 Å². The third kappa shape index (κ3) is 4.73. The molecule has 1 aliphatic rings. The topological polar surface area (TPSA) is 21.7 Å². The molecule has 2 atom stereocenters. The standard InChI is InChI=1S/C10H20BrNO2/c1-12(6-10(11)8-13-2)5-9-3-4-14-7-9/h9-10H,3-8H2,1-2H3. The Morgan fingerprint density at radius 2 is 2.43 bits per heavy atom. The van der Waals surface area contributed by atoms with Crippen LogP contribution in [0.4, 0.5) is 0 Å². The summed E-state index contributed by atoms with van der Waals surface area (Å²) in [5.41, 5.74) is 0. The number of hydrogen-bond acceptors (Lipinski definition) is 3. The summed E-state index contributed by atoms with van der Waals surface area (Å²) < 4.78 is 10.4. The fraction of sp³-hybridized carbons (Fsp3) is 1.00. The molecule has 1 fully saturated rings. The summed E-state index contributed by atoms with van der Waals surface area (Å²) in [6, 6.07) is 0. The average molecular weight is 266 g/mol. The van der Waals surface area contributed by atoms with Crippen molar-refractivity contribution in [3.8, 4) is 0 Å². The molecule has 1 heterocycles. The first kappa shape index (κ1) is 12.4. The van der Waals surface area contributed by atoms with Crippen molar-refractivity contribution in [1.29, 1.82) is 0 Å². The maximum atomic E-state index is 5.35. The van der Waals surface area contributed by atoms with Gasteiger partial charge in [0, 0.05) is 26.8 Å². The molecule has 1 aliphatic heterocycles. The maximum Gasteiger partial charge on any atom is 0.0600 e. The van der Waals surface area contributed by atoms with Gasteiger partial charge in [-0.2, -0.15) is 0 Å². The van der Waals surface area contributed by atoms with E-state index in [1.54, 1.807) is 7.11 Å². The first-order chi connectivity index (χ1) is 6.72. The number of halogens is 1. The van der Waals surface area contributed by atoms with E-state index in [4.69, 9.17) is 9.47 Å². The summed E-state index contributed by atoms with van der Waals surface area (Å²) in [4.78, 5) is 2.78. The van der Waals surface area contributed by atoms with Crippen LogP contribution < -0.4 is 0 Å². The molecule has 0 aromatic rings. The largest absolute Gasteiger partial charge is 0.383 e. The molecule has 0 N–H and O–H groups in total. The van der Waals surface area contributed by atoms with Crippen molar-refractivity contribution in [3.05, 3.63) is 0 Å². The lowest BCUT2D eigenvalue weighted by molar-refractivity contribution is 0.164. The van der Waals surface area contributed by atoms with Gasteiger partial charge in [-0.05, 0) is 19.4 Å². The highest BCUT2D eigenvalue weighted by Crippen LogP contribution is 2.14. The third-order valence-electron chi connectivity index (χ3n) is 2.45. The first-order valence-electron chi connectivity index (χ1n) is 5.11. The van der Waals surface area contributed by atoms with Gasteiger partial charge in [-0.3, -0.25) is 0 Å². The molecular formula is C10H20BrNO2. The molecule has 0 aliphatic carbocycles. The second-order valence-electron chi connectivity index (χ2n) is 4.00. The van der Waals surface area contributed by atoms with Gasteiger partial charge in [0.2, 0.25) is 0 Å². The highest BCUT2D eigenvalue weighted by molar-refractivity contribution is 9.09. The van der Waals surface area contributed by atoms with Crippen LogP contribution >= 0.6 is 15.9 Å². The number of nitrogens with zero attached hydrogens (tertiary/aromatic N) is 1. The number of alkyl halides is 1. The predicted molar refractivity (Wildman–Crippen MR) is 61.0 cm³/mol. The summed E-state index contributed by atoms with van der Waals surface area (Å²) in [5.74, 6) is 0.724. The van der Waals surface area contributed by atoms with E-state index in [0.717, 1.165) is 38.8 Å². The van der Waals surface area contributed by atoms with E-state index in [2.05, 4.69) is 27.9 Å². The van der Waals surface area contributed by atoms with Crippen molar-refractivity contribution < 1.29 is 9.47 Å². The lowest BCUT2D eigenvalue weighted by atomic mass is 10.1. The van der Waals surface area contributed by atoms with E-state index < -0.39 is 0 Å². The minimum absolute atomic E-state index is 0.430. The van der Waals surface area contributed by atoms with Crippen molar-refractivity contribution in [3.63, 3.8) is 0 Å². The zero-order valence-electron chi connectivity index (χ0n) is 9.04. The Kier molecular flexibility index (Phi) is 6.01. The van der Waals surface area contributed by atoms with E-state index in [9.17, 15) is 0 Å². The van der Waals surface area contributed by atoms with E-state index >= 15 is 0 Å². The minimum Gasteiger partial charge on any atom is -0.383 e. The lowest BCUT2D eigenvalue weighted by Gasteiger charge is -2.22.